The molecule has 4 rings (SSSR count). The van der Waals surface area contributed by atoms with Crippen molar-refractivity contribution in [2.45, 2.75) is 25.7 Å². The van der Waals surface area contributed by atoms with Crippen molar-refractivity contribution < 1.29 is 0 Å². The van der Waals surface area contributed by atoms with E-state index in [0.29, 0.717) is 0 Å². The van der Waals surface area contributed by atoms with Crippen LogP contribution in [-0.2, 0) is 6.42 Å². The molecular formula is C19H21N. The Kier molecular flexibility index (Phi) is 2.89. The second-order valence-electron chi connectivity index (χ2n) is 6.29. The van der Waals surface area contributed by atoms with Crippen LogP contribution in [-0.4, -0.2) is 13.1 Å². The molecule has 1 aliphatic heterocycles. The second kappa shape index (κ2) is 4.75. The van der Waals surface area contributed by atoms with Crippen LogP contribution in [0.2, 0.25) is 0 Å². The van der Waals surface area contributed by atoms with Crippen LogP contribution in [0.5, 0.6) is 0 Å². The molecule has 1 aliphatic carbocycles. The summed E-state index contributed by atoms with van der Waals surface area (Å²) in [6.45, 7) is 4.64. The van der Waals surface area contributed by atoms with Gasteiger partial charge in [-0.15, -0.1) is 0 Å². The van der Waals surface area contributed by atoms with Crippen LogP contribution in [0.3, 0.4) is 0 Å². The van der Waals surface area contributed by atoms with Gasteiger partial charge in [0, 0.05) is 6.54 Å². The summed E-state index contributed by atoms with van der Waals surface area (Å²) in [6, 6.07) is 15.6. The summed E-state index contributed by atoms with van der Waals surface area (Å²) >= 11 is 0. The maximum Gasteiger partial charge on any atom is 0.00230 e. The lowest BCUT2D eigenvalue weighted by molar-refractivity contribution is 0.347. The number of hydrogen-bond acceptors (Lipinski definition) is 1. The lowest BCUT2D eigenvalue weighted by atomic mass is 9.86. The first-order valence-corrected chi connectivity index (χ1v) is 7.72. The van der Waals surface area contributed by atoms with Gasteiger partial charge in [0.05, 0.1) is 0 Å². The predicted octanol–water partition coefficient (Wildman–Crippen LogP) is 3.91. The molecule has 0 saturated carbocycles. The third kappa shape index (κ3) is 1.89. The fourth-order valence-electron chi connectivity index (χ4n) is 4.03. The minimum atomic E-state index is 0.737. The van der Waals surface area contributed by atoms with E-state index in [2.05, 4.69) is 54.7 Å². The first-order valence-electron chi connectivity index (χ1n) is 7.72. The average molecular weight is 263 g/mol. The van der Waals surface area contributed by atoms with Crippen LogP contribution in [0.15, 0.2) is 42.5 Å². The molecule has 1 heterocycles. The Morgan fingerprint density at radius 3 is 2.75 bits per heavy atom. The van der Waals surface area contributed by atoms with E-state index in [0.717, 1.165) is 18.4 Å². The third-order valence-electron chi connectivity index (χ3n) is 5.11. The quantitative estimate of drug-likeness (QED) is 0.822. The fourth-order valence-corrected chi connectivity index (χ4v) is 4.03. The average Bonchev–Trinajstić information content (AvgIpc) is 2.88. The molecule has 102 valence electrons. The molecule has 1 heteroatoms. The molecular weight excluding hydrogens is 242 g/mol. The predicted molar refractivity (Wildman–Crippen MR) is 84.0 cm³/mol. The van der Waals surface area contributed by atoms with Crippen LogP contribution in [0, 0.1) is 12.8 Å². The molecule has 1 saturated heterocycles. The minimum absolute atomic E-state index is 0.737. The van der Waals surface area contributed by atoms with E-state index in [1.165, 1.54) is 36.1 Å². The zero-order valence-electron chi connectivity index (χ0n) is 12.0. The van der Waals surface area contributed by atoms with E-state index in [-0.39, 0.29) is 0 Å². The number of fused-ring (bicyclic) bond motifs is 3. The molecule has 0 unspecified atom stereocenters. The third-order valence-corrected chi connectivity index (χ3v) is 5.11. The van der Waals surface area contributed by atoms with Gasteiger partial charge in [-0.25, -0.2) is 0 Å². The molecule has 0 radical (unpaired) electrons. The Labute approximate surface area is 121 Å². The van der Waals surface area contributed by atoms with Gasteiger partial charge in [-0.05, 0) is 66.0 Å². The number of benzene rings is 2. The topological polar surface area (TPSA) is 12.0 Å². The maximum absolute atomic E-state index is 3.58. The Balaban J connectivity index is 1.81. The summed E-state index contributed by atoms with van der Waals surface area (Å²) in [5.74, 6) is 1.61. The SMILES string of the molecule is Cc1cc(-c2ccccc2)cc2c1C[C@@H]1CCNC[C@H]21. The number of hydrogen-bond donors (Lipinski definition) is 1. The molecule has 0 bridgehead atoms. The van der Waals surface area contributed by atoms with Gasteiger partial charge >= 0.3 is 0 Å². The summed E-state index contributed by atoms with van der Waals surface area (Å²) in [6.07, 6.45) is 2.63. The fraction of sp³-hybridized carbons (Fsp3) is 0.368. The Bertz CT molecular complexity index is 630. The van der Waals surface area contributed by atoms with Crippen molar-refractivity contribution >= 4 is 0 Å². The van der Waals surface area contributed by atoms with Crippen molar-refractivity contribution in [3.05, 3.63) is 59.2 Å². The van der Waals surface area contributed by atoms with E-state index < -0.39 is 0 Å². The van der Waals surface area contributed by atoms with Crippen molar-refractivity contribution in [1.82, 2.24) is 5.32 Å². The van der Waals surface area contributed by atoms with Crippen LogP contribution in [0.25, 0.3) is 11.1 Å². The van der Waals surface area contributed by atoms with Crippen LogP contribution in [0.4, 0.5) is 0 Å². The van der Waals surface area contributed by atoms with Gasteiger partial charge in [-0.2, -0.15) is 0 Å². The molecule has 0 spiro atoms. The Morgan fingerprint density at radius 2 is 1.90 bits per heavy atom. The van der Waals surface area contributed by atoms with E-state index in [9.17, 15) is 0 Å². The van der Waals surface area contributed by atoms with E-state index in [1.54, 1.807) is 11.1 Å². The lowest BCUT2D eigenvalue weighted by Crippen LogP contribution is -2.32. The zero-order chi connectivity index (χ0) is 13.5. The van der Waals surface area contributed by atoms with Crippen LogP contribution >= 0.6 is 0 Å². The Hall–Kier alpha value is -1.60. The lowest BCUT2D eigenvalue weighted by Gasteiger charge is -2.26. The molecule has 1 N–H and O–H groups in total. The highest BCUT2D eigenvalue weighted by atomic mass is 14.9. The largest absolute Gasteiger partial charge is 0.316 e. The minimum Gasteiger partial charge on any atom is -0.316 e. The van der Waals surface area contributed by atoms with Crippen LogP contribution in [0.1, 0.15) is 29.0 Å². The molecule has 20 heavy (non-hydrogen) atoms. The first-order chi connectivity index (χ1) is 9.83. The Morgan fingerprint density at radius 1 is 1.05 bits per heavy atom. The summed E-state index contributed by atoms with van der Waals surface area (Å²) in [5.41, 5.74) is 7.44. The smallest absolute Gasteiger partial charge is 0.00230 e. The molecule has 0 aromatic heterocycles. The summed E-state index contributed by atoms with van der Waals surface area (Å²) in [4.78, 5) is 0. The van der Waals surface area contributed by atoms with Crippen LogP contribution < -0.4 is 5.32 Å². The molecule has 2 aliphatic rings. The van der Waals surface area contributed by atoms with Gasteiger partial charge in [-0.1, -0.05) is 42.5 Å². The maximum atomic E-state index is 3.58. The number of aryl methyl sites for hydroxylation is 1. The molecule has 0 amide bonds. The van der Waals surface area contributed by atoms with Gasteiger partial charge in [-0.3, -0.25) is 0 Å². The van der Waals surface area contributed by atoms with Gasteiger partial charge in [0.25, 0.3) is 0 Å². The summed E-state index contributed by atoms with van der Waals surface area (Å²) in [5, 5.41) is 3.58. The first kappa shape index (κ1) is 12.2. The van der Waals surface area contributed by atoms with Gasteiger partial charge in [0.1, 0.15) is 0 Å². The highest BCUT2D eigenvalue weighted by Crippen LogP contribution is 2.43. The molecule has 2 aromatic carbocycles. The number of rotatable bonds is 1. The van der Waals surface area contributed by atoms with Crippen molar-refractivity contribution in [2.75, 3.05) is 13.1 Å². The zero-order valence-corrected chi connectivity index (χ0v) is 12.0. The van der Waals surface area contributed by atoms with E-state index in [4.69, 9.17) is 0 Å². The van der Waals surface area contributed by atoms with Crippen molar-refractivity contribution in [2.24, 2.45) is 5.92 Å². The van der Waals surface area contributed by atoms with Crippen molar-refractivity contribution in [3.63, 3.8) is 0 Å². The van der Waals surface area contributed by atoms with Crippen molar-refractivity contribution in [3.8, 4) is 11.1 Å². The second-order valence-corrected chi connectivity index (χ2v) is 6.29. The van der Waals surface area contributed by atoms with E-state index >= 15 is 0 Å². The van der Waals surface area contributed by atoms with Gasteiger partial charge in [0.2, 0.25) is 0 Å². The molecule has 2 atom stereocenters. The monoisotopic (exact) mass is 263 g/mol. The van der Waals surface area contributed by atoms with Crippen molar-refractivity contribution in [1.29, 1.82) is 0 Å². The molecule has 1 fully saturated rings. The number of piperidine rings is 1. The number of nitrogens with one attached hydrogen (secondary N) is 1. The highest BCUT2D eigenvalue weighted by molar-refractivity contribution is 5.67. The normalized spacial score (nSPS) is 24.2. The standard InChI is InChI=1S/C19H21N/c1-13-9-16(14-5-3-2-4-6-14)11-18-17(13)10-15-7-8-20-12-19(15)18/h2-6,9,11,15,19-20H,7-8,10,12H2,1H3/t15-,19-/m0/s1. The molecule has 1 nitrogen and oxygen atoms in total. The highest BCUT2D eigenvalue weighted by Gasteiger charge is 2.35. The van der Waals surface area contributed by atoms with Gasteiger partial charge < -0.3 is 5.32 Å². The summed E-state index contributed by atoms with van der Waals surface area (Å²) in [7, 11) is 0. The van der Waals surface area contributed by atoms with Gasteiger partial charge in [0.15, 0.2) is 0 Å². The van der Waals surface area contributed by atoms with E-state index in [1.807, 2.05) is 0 Å². The molecule has 2 aromatic rings. The summed E-state index contributed by atoms with van der Waals surface area (Å²) < 4.78 is 0.